The van der Waals surface area contributed by atoms with Gasteiger partial charge in [0.2, 0.25) is 0 Å². The highest BCUT2D eigenvalue weighted by Gasteiger charge is 2.51. The third-order valence-corrected chi connectivity index (χ3v) is 10.7. The molecule has 3 aliphatic heterocycles. The first kappa shape index (κ1) is 36.9. The van der Waals surface area contributed by atoms with Gasteiger partial charge in [0.1, 0.15) is 42.7 Å². The Morgan fingerprint density at radius 3 is 2.15 bits per heavy atom. The maximum absolute atomic E-state index is 12.5. The van der Waals surface area contributed by atoms with Crippen molar-refractivity contribution >= 4 is 31.8 Å². The fraction of sp³-hybridized carbons (Fsp3) is 0.591. The van der Waals surface area contributed by atoms with Crippen molar-refractivity contribution in [3.05, 3.63) is 42.1 Å². The molecule has 3 heterocycles. The van der Waals surface area contributed by atoms with Crippen LogP contribution in [0.4, 0.5) is 4.79 Å². The number of nitrogens with two attached hydrogens (primary N) is 1. The zero-order valence-corrected chi connectivity index (χ0v) is 26.2. The van der Waals surface area contributed by atoms with Crippen LogP contribution >= 0.6 is 15.6 Å². The number of aryl methyl sites for hydroxylation is 1. The number of aliphatic hydroxyl groups is 5. The second kappa shape index (κ2) is 14.3. The van der Waals surface area contributed by atoms with Crippen LogP contribution in [-0.4, -0.2) is 129 Å². The quantitative estimate of drug-likeness (QED) is 0.0768. The zero-order valence-electron chi connectivity index (χ0n) is 23.6. The lowest BCUT2D eigenvalue weighted by molar-refractivity contribution is -0.279. The van der Waals surface area contributed by atoms with E-state index in [9.17, 15) is 57.7 Å². The van der Waals surface area contributed by atoms with Crippen molar-refractivity contribution in [2.45, 2.75) is 73.2 Å². The Bertz CT molecular complexity index is 1480. The van der Waals surface area contributed by atoms with Crippen LogP contribution in [0.2, 0.25) is 0 Å². The van der Waals surface area contributed by atoms with Gasteiger partial charge in [0.25, 0.3) is 10.1 Å². The second-order valence-electron chi connectivity index (χ2n) is 10.3. The molecule has 46 heavy (non-hydrogen) atoms. The van der Waals surface area contributed by atoms with Gasteiger partial charge in [-0.15, -0.1) is 0 Å². The Morgan fingerprint density at radius 1 is 0.913 bits per heavy atom. The van der Waals surface area contributed by atoms with E-state index in [4.69, 9.17) is 19.4 Å². The van der Waals surface area contributed by atoms with Gasteiger partial charge in [-0.2, -0.15) is 12.7 Å². The number of rotatable bonds is 12. The second-order valence-corrected chi connectivity index (χ2v) is 14.9. The summed E-state index contributed by atoms with van der Waals surface area (Å²) in [6.07, 6.45) is -15.5. The molecule has 2 saturated heterocycles. The van der Waals surface area contributed by atoms with Crippen LogP contribution in [0.15, 0.2) is 41.4 Å². The largest absolute Gasteiger partial charge is 0.483 e. The number of hydrogen-bond acceptors (Lipinski definition) is 17. The number of phosphoric acid groups is 2. The lowest BCUT2D eigenvalue weighted by Crippen LogP contribution is -2.59. The van der Waals surface area contributed by atoms with Gasteiger partial charge in [-0.3, -0.25) is 18.1 Å². The Hall–Kier alpha value is -1.92. The van der Waals surface area contributed by atoms with Gasteiger partial charge in [-0.1, -0.05) is 17.7 Å². The average molecular weight is 722 g/mol. The van der Waals surface area contributed by atoms with Gasteiger partial charge in [0, 0.05) is 6.20 Å². The fourth-order valence-electron chi connectivity index (χ4n) is 4.36. The molecule has 0 radical (unpaired) electrons. The number of carbonyl (C=O) groups excluding carboxylic acids is 1. The highest BCUT2D eigenvalue weighted by molar-refractivity contribution is 7.86. The number of nitrogens with one attached hydrogen (secondary N) is 1. The summed E-state index contributed by atoms with van der Waals surface area (Å²) in [5.41, 5.74) is 6.29. The maximum atomic E-state index is 12.5. The van der Waals surface area contributed by atoms with E-state index in [-0.39, 0.29) is 4.90 Å². The first-order valence-corrected chi connectivity index (χ1v) is 17.6. The van der Waals surface area contributed by atoms with Crippen LogP contribution in [0, 0.1) is 6.92 Å². The van der Waals surface area contributed by atoms with Crippen LogP contribution in [0.3, 0.4) is 0 Å². The summed E-state index contributed by atoms with van der Waals surface area (Å²) in [6, 6.07) is 4.65. The number of ether oxygens (including phenoxy) is 2. The summed E-state index contributed by atoms with van der Waals surface area (Å²) in [4.78, 5) is 32.8. The average Bonchev–Trinajstić information content (AvgIpc) is 3.24. The van der Waals surface area contributed by atoms with Crippen LogP contribution in [0.5, 0.6) is 0 Å². The van der Waals surface area contributed by atoms with E-state index in [1.165, 1.54) is 36.5 Å². The number of phosphoric ester groups is 2. The third-order valence-electron chi connectivity index (χ3n) is 6.80. The molecule has 2 amide bonds. The molecule has 24 heteroatoms. The van der Waals surface area contributed by atoms with Gasteiger partial charge >= 0.3 is 21.7 Å². The standard InChI is InChI=1S/C22H33N3O18P2S/c1-10-2-4-11(5-3-10)46(36,37)39-9-13-15(26)17(28)19(30)21(41-13)42-45(34,35)43-44(32,33)38-8-12-16(27)18(29)20(40-12)25-7-6-14(23)24-22(25)31/h2-7,12-21,26-30H,8-9,23H2,1H3,(H,24,31)(H,32,33)(H,34,35)/t12?,13?,14?,15-,16+,17?,18+,19-,20?,21+/m0/s1. The van der Waals surface area contributed by atoms with Gasteiger partial charge in [-0.05, 0) is 25.1 Å². The van der Waals surface area contributed by atoms with E-state index in [1.54, 1.807) is 6.92 Å². The molecule has 2 fully saturated rings. The molecule has 0 aliphatic carbocycles. The SMILES string of the molecule is Cc1ccc(S(=O)(=O)OCC2O[C@H](OP(=O)(O)OP(=O)(O)OCC3OC(N4C=CC(N)NC4=O)[C@H](O)[C@@H]3O)[C@@H](O)C(O)[C@H]2O)cc1. The summed E-state index contributed by atoms with van der Waals surface area (Å²) in [6.45, 7) is -0.301. The van der Waals surface area contributed by atoms with Crippen LogP contribution in [0.25, 0.3) is 0 Å². The number of hydrogen-bond donors (Lipinski definition) is 9. The van der Waals surface area contributed by atoms with E-state index in [2.05, 4.69) is 18.7 Å². The molecule has 0 aromatic heterocycles. The molecule has 7 unspecified atom stereocenters. The zero-order chi connectivity index (χ0) is 34.2. The molecule has 10 N–H and O–H groups in total. The van der Waals surface area contributed by atoms with Crippen molar-refractivity contribution in [1.82, 2.24) is 10.2 Å². The van der Waals surface area contributed by atoms with Gasteiger partial charge < -0.3 is 55.8 Å². The third kappa shape index (κ3) is 8.75. The number of nitrogens with zero attached hydrogens (tertiary/aromatic N) is 1. The van der Waals surface area contributed by atoms with E-state index in [0.717, 1.165) is 10.5 Å². The van der Waals surface area contributed by atoms with E-state index in [0.29, 0.717) is 0 Å². The number of amides is 2. The van der Waals surface area contributed by atoms with Crippen LogP contribution in [0.1, 0.15) is 5.56 Å². The molecule has 12 atom stereocenters. The fourth-order valence-corrected chi connectivity index (χ4v) is 7.44. The van der Waals surface area contributed by atoms with Crippen molar-refractivity contribution in [2.24, 2.45) is 5.73 Å². The summed E-state index contributed by atoms with van der Waals surface area (Å²) < 4.78 is 78.6. The lowest BCUT2D eigenvalue weighted by Gasteiger charge is -2.40. The highest BCUT2D eigenvalue weighted by Crippen LogP contribution is 2.61. The number of urea groups is 1. The first-order valence-electron chi connectivity index (χ1n) is 13.2. The Morgan fingerprint density at radius 2 is 1.52 bits per heavy atom. The molecular weight excluding hydrogens is 688 g/mol. The van der Waals surface area contributed by atoms with Crippen LogP contribution in [-0.2, 0) is 46.3 Å². The molecule has 0 bridgehead atoms. The van der Waals surface area contributed by atoms with Crippen molar-refractivity contribution < 1.29 is 84.7 Å². The Labute approximate surface area is 261 Å². The molecule has 1 aromatic rings. The minimum Gasteiger partial charge on any atom is -0.387 e. The molecule has 3 aliphatic rings. The number of carbonyl (C=O) groups is 1. The number of aliphatic hydroxyl groups excluding tert-OH is 5. The van der Waals surface area contributed by atoms with Crippen molar-refractivity contribution in [3.8, 4) is 0 Å². The van der Waals surface area contributed by atoms with Crippen molar-refractivity contribution in [2.75, 3.05) is 13.2 Å². The number of benzene rings is 1. The molecule has 1 aromatic carbocycles. The molecule has 260 valence electrons. The van der Waals surface area contributed by atoms with Crippen LogP contribution < -0.4 is 11.1 Å². The molecule has 21 nitrogen and oxygen atoms in total. The van der Waals surface area contributed by atoms with E-state index < -0.39 is 106 Å². The van der Waals surface area contributed by atoms with Gasteiger partial charge in [0.15, 0.2) is 12.5 Å². The van der Waals surface area contributed by atoms with Gasteiger partial charge in [0.05, 0.1) is 24.3 Å². The summed E-state index contributed by atoms with van der Waals surface area (Å²) >= 11 is 0. The highest BCUT2D eigenvalue weighted by atomic mass is 32.2. The predicted molar refractivity (Wildman–Crippen MR) is 147 cm³/mol. The van der Waals surface area contributed by atoms with E-state index >= 15 is 0 Å². The van der Waals surface area contributed by atoms with Crippen molar-refractivity contribution in [3.63, 3.8) is 0 Å². The summed E-state index contributed by atoms with van der Waals surface area (Å²) in [7, 11) is -15.7. The summed E-state index contributed by atoms with van der Waals surface area (Å²) in [5, 5.41) is 53.5. The summed E-state index contributed by atoms with van der Waals surface area (Å²) in [5.74, 6) is 0. The minimum absolute atomic E-state index is 0.261. The monoisotopic (exact) mass is 721 g/mol. The molecule has 0 saturated carbocycles. The normalized spacial score (nSPS) is 36.2. The predicted octanol–water partition coefficient (Wildman–Crippen LogP) is -2.97. The Kier molecular flexibility index (Phi) is 11.5. The molecular formula is C22H33N3O18P2S. The minimum atomic E-state index is -5.74. The Balaban J connectivity index is 1.34. The smallest absolute Gasteiger partial charge is 0.387 e. The van der Waals surface area contributed by atoms with Crippen molar-refractivity contribution in [1.29, 1.82) is 0 Å². The topological polar surface area (TPSA) is 324 Å². The first-order chi connectivity index (χ1) is 21.3. The van der Waals surface area contributed by atoms with E-state index in [1.807, 2.05) is 0 Å². The molecule has 0 spiro atoms. The molecule has 4 rings (SSSR count). The maximum Gasteiger partial charge on any atom is 0.483 e. The van der Waals surface area contributed by atoms with Gasteiger partial charge in [-0.25, -0.2) is 13.9 Å². The lowest BCUT2D eigenvalue weighted by atomic mass is 10.00.